The highest BCUT2D eigenvalue weighted by Gasteiger charge is 2.34. The molecule has 1 fully saturated rings. The number of amides is 2. The van der Waals surface area contributed by atoms with Gasteiger partial charge in [-0.15, -0.1) is 0 Å². The first kappa shape index (κ1) is 16.2. The fourth-order valence-corrected chi connectivity index (χ4v) is 2.90. The van der Waals surface area contributed by atoms with Gasteiger partial charge in [0.25, 0.3) is 0 Å². The molecule has 1 heterocycles. The molecule has 0 aliphatic carbocycles. The van der Waals surface area contributed by atoms with Crippen LogP contribution in [0.4, 0.5) is 5.69 Å². The van der Waals surface area contributed by atoms with E-state index in [-0.39, 0.29) is 24.2 Å². The number of anilines is 1. The summed E-state index contributed by atoms with van der Waals surface area (Å²) in [7, 11) is 0. The summed E-state index contributed by atoms with van der Waals surface area (Å²) in [6.45, 7) is 5.08. The summed E-state index contributed by atoms with van der Waals surface area (Å²) in [5, 5.41) is 2.91. The van der Waals surface area contributed by atoms with Crippen molar-refractivity contribution in [1.29, 1.82) is 0 Å². The van der Waals surface area contributed by atoms with E-state index in [0.29, 0.717) is 13.1 Å². The Morgan fingerprint density at radius 2 is 1.62 bits per heavy atom. The van der Waals surface area contributed by atoms with Crippen LogP contribution in [0.1, 0.15) is 23.1 Å². The lowest BCUT2D eigenvalue weighted by molar-refractivity contribution is -0.128. The van der Waals surface area contributed by atoms with Gasteiger partial charge in [-0.25, -0.2) is 0 Å². The van der Waals surface area contributed by atoms with E-state index in [1.165, 1.54) is 5.56 Å². The van der Waals surface area contributed by atoms with Gasteiger partial charge in [-0.1, -0.05) is 47.5 Å². The van der Waals surface area contributed by atoms with Crippen LogP contribution in [0.25, 0.3) is 0 Å². The zero-order valence-electron chi connectivity index (χ0n) is 14.1. The van der Waals surface area contributed by atoms with Crippen LogP contribution in [0.2, 0.25) is 0 Å². The maximum Gasteiger partial charge on any atom is 0.229 e. The number of aryl methyl sites for hydroxylation is 2. The lowest BCUT2D eigenvalue weighted by Gasteiger charge is -2.17. The minimum atomic E-state index is -0.288. The van der Waals surface area contributed by atoms with Crippen molar-refractivity contribution >= 4 is 17.5 Å². The first-order valence-electron chi connectivity index (χ1n) is 8.22. The predicted molar refractivity (Wildman–Crippen MR) is 94.5 cm³/mol. The molecule has 1 aliphatic heterocycles. The van der Waals surface area contributed by atoms with Gasteiger partial charge in [-0.05, 0) is 31.5 Å². The Kier molecular flexibility index (Phi) is 4.65. The third-order valence-electron chi connectivity index (χ3n) is 4.40. The van der Waals surface area contributed by atoms with E-state index < -0.39 is 0 Å². The molecule has 24 heavy (non-hydrogen) atoms. The summed E-state index contributed by atoms with van der Waals surface area (Å²) >= 11 is 0. The molecule has 1 saturated heterocycles. The Morgan fingerprint density at radius 1 is 1.04 bits per heavy atom. The summed E-state index contributed by atoms with van der Waals surface area (Å²) in [6, 6.07) is 15.8. The van der Waals surface area contributed by atoms with Crippen molar-refractivity contribution in [3.05, 3.63) is 65.2 Å². The Morgan fingerprint density at radius 3 is 2.25 bits per heavy atom. The van der Waals surface area contributed by atoms with E-state index in [2.05, 4.69) is 5.32 Å². The van der Waals surface area contributed by atoms with Gasteiger partial charge < -0.3 is 10.2 Å². The van der Waals surface area contributed by atoms with Crippen LogP contribution in [-0.2, 0) is 16.1 Å². The highest BCUT2D eigenvalue weighted by Crippen LogP contribution is 2.22. The van der Waals surface area contributed by atoms with Gasteiger partial charge in [0.1, 0.15) is 0 Å². The average Bonchev–Trinajstić information content (AvgIpc) is 2.93. The van der Waals surface area contributed by atoms with Crippen LogP contribution in [0.5, 0.6) is 0 Å². The molecule has 4 heteroatoms. The van der Waals surface area contributed by atoms with Crippen LogP contribution in [-0.4, -0.2) is 23.3 Å². The molecule has 0 radical (unpaired) electrons. The van der Waals surface area contributed by atoms with Gasteiger partial charge in [0.15, 0.2) is 0 Å². The first-order valence-corrected chi connectivity index (χ1v) is 8.22. The smallest absolute Gasteiger partial charge is 0.229 e. The van der Waals surface area contributed by atoms with E-state index in [1.807, 2.05) is 62.4 Å². The van der Waals surface area contributed by atoms with Crippen molar-refractivity contribution < 1.29 is 9.59 Å². The van der Waals surface area contributed by atoms with Gasteiger partial charge in [0.05, 0.1) is 5.92 Å². The molecule has 0 spiro atoms. The molecule has 0 bridgehead atoms. The molecule has 1 atom stereocenters. The summed E-state index contributed by atoms with van der Waals surface area (Å²) in [6.07, 6.45) is 0.281. The second-order valence-electron chi connectivity index (χ2n) is 6.52. The van der Waals surface area contributed by atoms with Gasteiger partial charge in [0.2, 0.25) is 11.8 Å². The Hall–Kier alpha value is -2.62. The van der Waals surface area contributed by atoms with Crippen molar-refractivity contribution in [1.82, 2.24) is 4.90 Å². The van der Waals surface area contributed by atoms with Crippen LogP contribution < -0.4 is 5.32 Å². The second kappa shape index (κ2) is 6.87. The van der Waals surface area contributed by atoms with Crippen molar-refractivity contribution in [2.24, 2.45) is 5.92 Å². The fraction of sp³-hybridized carbons (Fsp3) is 0.300. The summed E-state index contributed by atoms with van der Waals surface area (Å²) in [5.41, 5.74) is 4.21. The number of benzene rings is 2. The summed E-state index contributed by atoms with van der Waals surface area (Å²) in [5.74, 6) is -0.331. The molecule has 124 valence electrons. The Balaban J connectivity index is 1.60. The predicted octanol–water partition coefficient (Wildman–Crippen LogP) is 3.29. The normalized spacial score (nSPS) is 17.2. The maximum atomic E-state index is 12.4. The summed E-state index contributed by atoms with van der Waals surface area (Å²) in [4.78, 5) is 26.4. The third kappa shape index (κ3) is 3.82. The lowest BCUT2D eigenvalue weighted by atomic mass is 10.1. The highest BCUT2D eigenvalue weighted by atomic mass is 16.2. The topological polar surface area (TPSA) is 49.4 Å². The number of rotatable bonds is 4. The number of nitrogens with one attached hydrogen (secondary N) is 1. The van der Waals surface area contributed by atoms with Gasteiger partial charge in [-0.2, -0.15) is 0 Å². The largest absolute Gasteiger partial charge is 0.338 e. The standard InChI is InChI=1S/C20H22N2O2/c1-14-3-7-16(8-4-14)12-22-13-17(11-19(22)23)20(24)21-18-9-5-15(2)6-10-18/h3-10,17H,11-13H2,1-2H3,(H,21,24). The molecule has 2 amide bonds. The van der Waals surface area contributed by atoms with Gasteiger partial charge in [-0.3, -0.25) is 9.59 Å². The van der Waals surface area contributed by atoms with Gasteiger partial charge >= 0.3 is 0 Å². The van der Waals surface area contributed by atoms with Crippen molar-refractivity contribution in [2.45, 2.75) is 26.8 Å². The summed E-state index contributed by atoms with van der Waals surface area (Å²) < 4.78 is 0. The molecule has 1 aliphatic rings. The monoisotopic (exact) mass is 322 g/mol. The zero-order valence-corrected chi connectivity index (χ0v) is 14.1. The minimum absolute atomic E-state index is 0.0413. The van der Waals surface area contributed by atoms with Crippen LogP contribution in [0, 0.1) is 19.8 Å². The zero-order chi connectivity index (χ0) is 17.1. The molecule has 1 unspecified atom stereocenters. The number of hydrogen-bond acceptors (Lipinski definition) is 2. The SMILES string of the molecule is Cc1ccc(CN2CC(C(=O)Nc3ccc(C)cc3)CC2=O)cc1. The number of carbonyl (C=O) groups excluding carboxylic acids is 2. The van der Waals surface area contributed by atoms with E-state index in [4.69, 9.17) is 0 Å². The molecule has 0 aromatic heterocycles. The van der Waals surface area contributed by atoms with Gasteiger partial charge in [0, 0.05) is 25.2 Å². The molecule has 2 aromatic carbocycles. The third-order valence-corrected chi connectivity index (χ3v) is 4.40. The Bertz CT molecular complexity index is 735. The molecular formula is C20H22N2O2. The molecule has 3 rings (SSSR count). The van der Waals surface area contributed by atoms with E-state index in [0.717, 1.165) is 16.8 Å². The molecule has 2 aromatic rings. The number of carbonyl (C=O) groups is 2. The quantitative estimate of drug-likeness (QED) is 0.939. The van der Waals surface area contributed by atoms with E-state index in [1.54, 1.807) is 4.90 Å². The second-order valence-corrected chi connectivity index (χ2v) is 6.52. The van der Waals surface area contributed by atoms with Crippen LogP contribution >= 0.6 is 0 Å². The average molecular weight is 322 g/mol. The number of hydrogen-bond donors (Lipinski definition) is 1. The van der Waals surface area contributed by atoms with Crippen molar-refractivity contribution in [3.8, 4) is 0 Å². The van der Waals surface area contributed by atoms with E-state index >= 15 is 0 Å². The first-order chi connectivity index (χ1) is 11.5. The molecular weight excluding hydrogens is 300 g/mol. The van der Waals surface area contributed by atoms with Crippen molar-refractivity contribution in [2.75, 3.05) is 11.9 Å². The fourth-order valence-electron chi connectivity index (χ4n) is 2.90. The van der Waals surface area contributed by atoms with Crippen molar-refractivity contribution in [3.63, 3.8) is 0 Å². The number of likely N-dealkylation sites (tertiary alicyclic amines) is 1. The minimum Gasteiger partial charge on any atom is -0.338 e. The Labute approximate surface area is 142 Å². The van der Waals surface area contributed by atoms with E-state index in [9.17, 15) is 9.59 Å². The van der Waals surface area contributed by atoms with Crippen LogP contribution in [0.3, 0.4) is 0 Å². The lowest BCUT2D eigenvalue weighted by Crippen LogP contribution is -2.28. The maximum absolute atomic E-state index is 12.4. The molecule has 0 saturated carbocycles. The molecule has 4 nitrogen and oxygen atoms in total. The van der Waals surface area contributed by atoms with Crippen LogP contribution in [0.15, 0.2) is 48.5 Å². The highest BCUT2D eigenvalue weighted by molar-refractivity contribution is 5.97. The number of nitrogens with zero attached hydrogens (tertiary/aromatic N) is 1. The molecule has 1 N–H and O–H groups in total.